The predicted molar refractivity (Wildman–Crippen MR) is 109 cm³/mol. The lowest BCUT2D eigenvalue weighted by Gasteiger charge is -2.19. The third-order valence-electron chi connectivity index (χ3n) is 3.75. The largest absolute Gasteiger partial charge is 0.423 e. The van der Waals surface area contributed by atoms with Gasteiger partial charge in [0.25, 0.3) is 5.69 Å². The average molecular weight is 467 g/mol. The number of benzene rings is 2. The van der Waals surface area contributed by atoms with E-state index >= 15 is 0 Å². The first-order valence-corrected chi connectivity index (χ1v) is 9.69. The van der Waals surface area contributed by atoms with E-state index in [-0.39, 0.29) is 17.0 Å². The molecule has 0 aliphatic carbocycles. The summed E-state index contributed by atoms with van der Waals surface area (Å²) in [5, 5.41) is 22.3. The van der Waals surface area contributed by atoms with Crippen molar-refractivity contribution in [3.8, 4) is 0 Å². The number of hydrogen-bond donors (Lipinski definition) is 2. The highest BCUT2D eigenvalue weighted by atomic mass is 35.5. The first-order chi connectivity index (χ1) is 13.3. The first-order valence-electron chi connectivity index (χ1n) is 7.95. The second-order valence-electron chi connectivity index (χ2n) is 6.31. The van der Waals surface area contributed by atoms with Crippen LogP contribution in [0.25, 0.3) is 6.08 Å². The highest BCUT2D eigenvalue weighted by molar-refractivity contribution is 7.99. The summed E-state index contributed by atoms with van der Waals surface area (Å²) in [6, 6.07) is 6.20. The monoisotopic (exact) mass is 466 g/mol. The second-order valence-corrected chi connectivity index (χ2v) is 8.17. The number of thioether (sulfide) groups is 1. The predicted octanol–water partition coefficient (Wildman–Crippen LogP) is 6.06. The van der Waals surface area contributed by atoms with Crippen LogP contribution < -0.4 is 5.73 Å². The van der Waals surface area contributed by atoms with Crippen LogP contribution in [0, 0.1) is 10.1 Å². The van der Waals surface area contributed by atoms with E-state index in [1.54, 1.807) is 18.2 Å². The summed E-state index contributed by atoms with van der Waals surface area (Å²) >= 11 is 13.1. The Bertz CT molecular complexity index is 966. The second kappa shape index (κ2) is 8.83. The van der Waals surface area contributed by atoms with Crippen molar-refractivity contribution in [1.29, 1.82) is 0 Å². The van der Waals surface area contributed by atoms with Gasteiger partial charge >= 0.3 is 6.18 Å². The van der Waals surface area contributed by atoms with E-state index in [2.05, 4.69) is 0 Å². The number of nitro benzene ring substituents is 1. The maximum absolute atomic E-state index is 13.0. The van der Waals surface area contributed by atoms with Crippen LogP contribution in [-0.2, 0) is 6.18 Å². The van der Waals surface area contributed by atoms with Gasteiger partial charge in [-0.25, -0.2) is 0 Å². The molecule has 11 heteroatoms. The summed E-state index contributed by atoms with van der Waals surface area (Å²) in [5.74, 6) is 0.171. The zero-order chi connectivity index (χ0) is 22.0. The summed E-state index contributed by atoms with van der Waals surface area (Å²) in [5.41, 5.74) is 1.38. The van der Waals surface area contributed by atoms with Crippen LogP contribution in [0.2, 0.25) is 10.0 Å². The molecule has 2 rings (SSSR count). The normalized spacial score (nSPS) is 14.2. The van der Waals surface area contributed by atoms with Crippen LogP contribution in [0.3, 0.4) is 0 Å². The zero-order valence-electron chi connectivity index (χ0n) is 14.8. The van der Waals surface area contributed by atoms with Crippen molar-refractivity contribution in [3.05, 3.63) is 67.7 Å². The van der Waals surface area contributed by atoms with Gasteiger partial charge < -0.3 is 10.8 Å². The molecule has 5 nitrogen and oxygen atoms in total. The molecule has 0 saturated carbocycles. The quantitative estimate of drug-likeness (QED) is 0.233. The number of nitrogens with two attached hydrogens (primary N) is 1. The first kappa shape index (κ1) is 23.3. The lowest BCUT2D eigenvalue weighted by Crippen LogP contribution is -2.23. The minimum atomic E-state index is -4.92. The summed E-state index contributed by atoms with van der Waals surface area (Å²) in [4.78, 5) is 10.6. The van der Waals surface area contributed by atoms with Gasteiger partial charge in [0, 0.05) is 28.0 Å². The van der Waals surface area contributed by atoms with E-state index in [0.717, 1.165) is 11.0 Å². The maximum atomic E-state index is 13.0. The summed E-state index contributed by atoms with van der Waals surface area (Å²) < 4.78 is 38.9. The van der Waals surface area contributed by atoms with Crippen molar-refractivity contribution in [2.45, 2.75) is 23.6 Å². The molecule has 0 amide bonds. The van der Waals surface area contributed by atoms with Gasteiger partial charge in [0.2, 0.25) is 0 Å². The smallest absolute Gasteiger partial charge is 0.398 e. The van der Waals surface area contributed by atoms with Gasteiger partial charge in [-0.15, -0.1) is 11.8 Å². The van der Waals surface area contributed by atoms with E-state index in [1.807, 2.05) is 0 Å². The fourth-order valence-corrected chi connectivity index (χ4v) is 3.54. The van der Waals surface area contributed by atoms with E-state index in [1.165, 1.54) is 30.8 Å². The van der Waals surface area contributed by atoms with Gasteiger partial charge in [0.1, 0.15) is 5.56 Å². The van der Waals surface area contributed by atoms with Crippen LogP contribution in [0.15, 0.2) is 41.3 Å². The molecule has 3 N–H and O–H groups in total. The Labute approximate surface area is 178 Å². The number of alkyl halides is 3. The molecule has 0 aliphatic heterocycles. The molecule has 0 radical (unpaired) electrons. The Kier molecular flexibility index (Phi) is 7.10. The molecular weight excluding hydrogens is 452 g/mol. The zero-order valence-corrected chi connectivity index (χ0v) is 17.2. The molecule has 1 atom stereocenters. The molecule has 0 fully saturated rings. The lowest BCUT2D eigenvalue weighted by molar-refractivity contribution is -0.388. The number of rotatable bonds is 6. The van der Waals surface area contributed by atoms with Crippen LogP contribution in [0.5, 0.6) is 0 Å². The molecule has 0 bridgehead atoms. The number of aliphatic hydroxyl groups is 1. The van der Waals surface area contributed by atoms with Crippen molar-refractivity contribution in [2.75, 3.05) is 11.5 Å². The highest BCUT2D eigenvalue weighted by Crippen LogP contribution is 2.39. The molecule has 2 aromatic carbocycles. The van der Waals surface area contributed by atoms with Gasteiger partial charge in [0.05, 0.1) is 20.6 Å². The standard InChI is InChI=1S/C18H15Cl2F3N2O3S/c1-17(26,9-29-11-2-3-13(19)14(20)7-11)5-4-10-6-16(25(27)28)12(8-15(10)24)18(21,22)23/h2-8,26H,9,24H2,1H3/b5-4+. The van der Waals surface area contributed by atoms with Gasteiger partial charge in [-0.3, -0.25) is 10.1 Å². The van der Waals surface area contributed by atoms with Crippen LogP contribution in [0.1, 0.15) is 18.1 Å². The van der Waals surface area contributed by atoms with Crippen molar-refractivity contribution < 1.29 is 23.2 Å². The van der Waals surface area contributed by atoms with Crippen molar-refractivity contribution in [3.63, 3.8) is 0 Å². The van der Waals surface area contributed by atoms with Gasteiger partial charge in [-0.05, 0) is 31.2 Å². The Morgan fingerprint density at radius 3 is 2.45 bits per heavy atom. The Morgan fingerprint density at radius 2 is 1.90 bits per heavy atom. The Hall–Kier alpha value is -1.94. The number of nitro groups is 1. The molecule has 0 heterocycles. The van der Waals surface area contributed by atoms with Gasteiger partial charge in [0.15, 0.2) is 0 Å². The molecule has 0 saturated heterocycles. The summed E-state index contributed by atoms with van der Waals surface area (Å²) in [7, 11) is 0. The third-order valence-corrected chi connectivity index (χ3v) is 5.80. The molecule has 0 spiro atoms. The molecule has 29 heavy (non-hydrogen) atoms. The number of nitrogens with zero attached hydrogens (tertiary/aromatic N) is 1. The van der Waals surface area contributed by atoms with Crippen molar-refractivity contribution in [1.82, 2.24) is 0 Å². The van der Waals surface area contributed by atoms with Crippen LogP contribution in [0.4, 0.5) is 24.5 Å². The molecule has 2 aromatic rings. The Balaban J connectivity index is 2.23. The van der Waals surface area contributed by atoms with Crippen LogP contribution >= 0.6 is 35.0 Å². The van der Waals surface area contributed by atoms with Crippen molar-refractivity contribution in [2.24, 2.45) is 0 Å². The highest BCUT2D eigenvalue weighted by Gasteiger charge is 2.39. The number of nitrogen functional groups attached to an aromatic ring is 1. The van der Waals surface area contributed by atoms with Crippen molar-refractivity contribution >= 4 is 52.4 Å². The maximum Gasteiger partial charge on any atom is 0.423 e. The SMILES string of the molecule is CC(O)(/C=C/c1cc([N+](=O)[O-])c(C(F)(F)F)cc1N)CSc1ccc(Cl)c(Cl)c1. The minimum Gasteiger partial charge on any atom is -0.398 e. The minimum absolute atomic E-state index is 0.00971. The third kappa shape index (κ3) is 6.27. The van der Waals surface area contributed by atoms with Gasteiger partial charge in [-0.1, -0.05) is 35.4 Å². The summed E-state index contributed by atoms with van der Waals surface area (Å²) in [6.07, 6.45) is -2.36. The number of hydrogen-bond acceptors (Lipinski definition) is 5. The number of halogens is 5. The summed E-state index contributed by atoms with van der Waals surface area (Å²) in [6.45, 7) is 1.47. The number of anilines is 1. The average Bonchev–Trinajstić information content (AvgIpc) is 2.60. The van der Waals surface area contributed by atoms with Crippen LogP contribution in [-0.4, -0.2) is 21.4 Å². The van der Waals surface area contributed by atoms with Gasteiger partial charge in [-0.2, -0.15) is 13.2 Å². The van der Waals surface area contributed by atoms with E-state index in [9.17, 15) is 28.4 Å². The molecule has 156 valence electrons. The molecule has 0 aromatic heterocycles. The topological polar surface area (TPSA) is 89.4 Å². The van der Waals surface area contributed by atoms with E-state index in [0.29, 0.717) is 16.1 Å². The molecular formula is C18H15Cl2F3N2O3S. The fourth-order valence-electron chi connectivity index (χ4n) is 2.26. The lowest BCUT2D eigenvalue weighted by atomic mass is 10.0. The molecule has 0 aliphatic rings. The van der Waals surface area contributed by atoms with E-state index < -0.39 is 28.0 Å². The fraction of sp³-hybridized carbons (Fsp3) is 0.222. The molecule has 1 unspecified atom stereocenters. The Morgan fingerprint density at radius 1 is 1.24 bits per heavy atom. The van der Waals surface area contributed by atoms with E-state index in [4.69, 9.17) is 28.9 Å².